The van der Waals surface area contributed by atoms with Crippen molar-refractivity contribution in [2.75, 3.05) is 31.1 Å². The molecule has 0 amide bonds. The summed E-state index contributed by atoms with van der Waals surface area (Å²) in [5.74, 6) is 1.89. The molecule has 1 aromatic carbocycles. The molecule has 5 nitrogen and oxygen atoms in total. The highest BCUT2D eigenvalue weighted by atomic mass is 16.3. The largest absolute Gasteiger partial charge is 0.508 e. The van der Waals surface area contributed by atoms with E-state index in [1.165, 1.54) is 67.5 Å². The molecule has 0 bridgehead atoms. The van der Waals surface area contributed by atoms with Crippen molar-refractivity contribution in [3.8, 4) is 5.75 Å². The molecule has 5 heteroatoms. The van der Waals surface area contributed by atoms with Crippen molar-refractivity contribution in [1.82, 2.24) is 15.3 Å². The van der Waals surface area contributed by atoms with E-state index in [4.69, 9.17) is 9.97 Å². The van der Waals surface area contributed by atoms with Gasteiger partial charge in [-0.1, -0.05) is 44.6 Å². The average molecular weight is 501 g/mol. The summed E-state index contributed by atoms with van der Waals surface area (Å²) in [5, 5.41) is 13.6. The lowest BCUT2D eigenvalue weighted by molar-refractivity contribution is 0.154. The summed E-state index contributed by atoms with van der Waals surface area (Å²) in [6.07, 6.45) is 21.9. The van der Waals surface area contributed by atoms with Crippen molar-refractivity contribution >= 4 is 5.95 Å². The molecule has 1 aromatic heterocycles. The number of phenolic OH excluding ortho intramolecular Hbond substituents is 1. The molecule has 2 N–H and O–H groups in total. The molecule has 0 radical (unpaired) electrons. The van der Waals surface area contributed by atoms with Gasteiger partial charge in [-0.3, -0.25) is 0 Å². The minimum absolute atomic E-state index is 0.228. The van der Waals surface area contributed by atoms with Gasteiger partial charge in [0.1, 0.15) is 5.75 Å². The minimum Gasteiger partial charge on any atom is -0.508 e. The molecule has 2 atom stereocenters. The Bertz CT molecular complexity index is 1090. The molecule has 37 heavy (non-hydrogen) atoms. The standard InChI is InChI=1S/C29H36N4O.C3H8/c34-24-7-9-26-22(18-24)6-8-25(21-4-2-1-3-5-21)27(26)23-19-31-28(32-20-23)33-16-12-29(13-17-33)10-14-30-15-11-29;1-3-2/h2,4-5,7,9,18-20,25,27,30,34H,1,3,6,8,10-17H2;3H2,1-2H3. The van der Waals surface area contributed by atoms with Gasteiger partial charge in [-0.2, -0.15) is 0 Å². The summed E-state index contributed by atoms with van der Waals surface area (Å²) >= 11 is 0. The monoisotopic (exact) mass is 500 g/mol. The Morgan fingerprint density at radius 2 is 1.76 bits per heavy atom. The van der Waals surface area contributed by atoms with Crippen molar-refractivity contribution in [2.24, 2.45) is 11.3 Å². The van der Waals surface area contributed by atoms with E-state index in [1.54, 1.807) is 0 Å². The van der Waals surface area contributed by atoms with Gasteiger partial charge in [0.25, 0.3) is 0 Å². The van der Waals surface area contributed by atoms with Crippen LogP contribution in [0.25, 0.3) is 0 Å². The zero-order valence-corrected chi connectivity index (χ0v) is 22.8. The fraction of sp³-hybridized carbons (Fsp3) is 0.562. The SMILES string of the molecule is CCC.Oc1ccc2c(c1)CCC(C1=CCCC=C1)C2c1cnc(N2CCC3(CCNCC3)CC2)nc1. The molecule has 2 aliphatic heterocycles. The Morgan fingerprint density at radius 1 is 1.03 bits per heavy atom. The maximum Gasteiger partial charge on any atom is 0.225 e. The van der Waals surface area contributed by atoms with E-state index in [-0.39, 0.29) is 5.92 Å². The Balaban J connectivity index is 0.000000892. The Kier molecular flexibility index (Phi) is 8.29. The first kappa shape index (κ1) is 26.0. The van der Waals surface area contributed by atoms with E-state index < -0.39 is 0 Å². The maximum absolute atomic E-state index is 10.1. The van der Waals surface area contributed by atoms with E-state index in [2.05, 4.69) is 60.8 Å². The number of nitrogens with one attached hydrogen (secondary N) is 1. The number of phenols is 1. The first-order chi connectivity index (χ1) is 18.1. The third-order valence-corrected chi connectivity index (χ3v) is 8.83. The van der Waals surface area contributed by atoms with Crippen LogP contribution in [0.5, 0.6) is 5.75 Å². The van der Waals surface area contributed by atoms with Crippen LogP contribution in [-0.4, -0.2) is 41.3 Å². The van der Waals surface area contributed by atoms with Crippen molar-refractivity contribution < 1.29 is 5.11 Å². The summed E-state index contributed by atoms with van der Waals surface area (Å²) in [5.41, 5.74) is 5.74. The molecule has 2 aliphatic carbocycles. The minimum atomic E-state index is 0.228. The fourth-order valence-electron chi connectivity index (χ4n) is 6.78. The summed E-state index contributed by atoms with van der Waals surface area (Å²) in [6.45, 7) is 8.70. The van der Waals surface area contributed by atoms with Gasteiger partial charge in [0.05, 0.1) is 0 Å². The topological polar surface area (TPSA) is 61.3 Å². The van der Waals surface area contributed by atoms with Crippen LogP contribution < -0.4 is 10.2 Å². The number of nitrogens with zero attached hydrogens (tertiary/aromatic N) is 3. The summed E-state index contributed by atoms with van der Waals surface area (Å²) in [4.78, 5) is 12.2. The quantitative estimate of drug-likeness (QED) is 0.501. The molecule has 2 fully saturated rings. The highest BCUT2D eigenvalue weighted by Crippen LogP contribution is 2.46. The van der Waals surface area contributed by atoms with E-state index in [1.807, 2.05) is 12.1 Å². The van der Waals surface area contributed by atoms with Crippen molar-refractivity contribution in [3.05, 3.63) is 71.1 Å². The van der Waals surface area contributed by atoms with Crippen molar-refractivity contribution in [1.29, 1.82) is 0 Å². The lowest BCUT2D eigenvalue weighted by atomic mass is 9.69. The van der Waals surface area contributed by atoms with Crippen molar-refractivity contribution in [2.45, 2.75) is 77.6 Å². The lowest BCUT2D eigenvalue weighted by Gasteiger charge is -2.44. The number of hydrogen-bond acceptors (Lipinski definition) is 5. The van der Waals surface area contributed by atoms with Crippen LogP contribution in [0.4, 0.5) is 5.95 Å². The second-order valence-corrected chi connectivity index (χ2v) is 11.5. The number of allylic oxidation sites excluding steroid dienone is 4. The first-order valence-electron chi connectivity index (χ1n) is 14.6. The second-order valence-electron chi connectivity index (χ2n) is 11.5. The molecule has 2 unspecified atom stereocenters. The zero-order chi connectivity index (χ0) is 25.7. The Labute approximate surface area is 223 Å². The van der Waals surface area contributed by atoms with E-state index in [9.17, 15) is 5.11 Å². The van der Waals surface area contributed by atoms with Gasteiger partial charge in [-0.15, -0.1) is 0 Å². The van der Waals surface area contributed by atoms with Crippen LogP contribution in [0.1, 0.15) is 87.8 Å². The molecule has 4 aliphatic rings. The van der Waals surface area contributed by atoms with Gasteiger partial charge in [0, 0.05) is 31.4 Å². The van der Waals surface area contributed by atoms with Crippen LogP contribution >= 0.6 is 0 Å². The summed E-state index contributed by atoms with van der Waals surface area (Å²) < 4.78 is 0. The van der Waals surface area contributed by atoms with Gasteiger partial charge >= 0.3 is 0 Å². The Morgan fingerprint density at radius 3 is 2.43 bits per heavy atom. The van der Waals surface area contributed by atoms with E-state index in [0.717, 1.165) is 44.7 Å². The molecule has 2 saturated heterocycles. The molecule has 0 saturated carbocycles. The average Bonchev–Trinajstić information content (AvgIpc) is 2.94. The Hall–Kier alpha value is -2.66. The van der Waals surface area contributed by atoms with Crippen LogP contribution in [0.15, 0.2) is 54.4 Å². The predicted molar refractivity (Wildman–Crippen MR) is 152 cm³/mol. The maximum atomic E-state index is 10.1. The van der Waals surface area contributed by atoms with Crippen LogP contribution in [0, 0.1) is 11.3 Å². The number of anilines is 1. The van der Waals surface area contributed by atoms with Crippen LogP contribution in [-0.2, 0) is 6.42 Å². The van der Waals surface area contributed by atoms with Gasteiger partial charge in [0.2, 0.25) is 5.95 Å². The van der Waals surface area contributed by atoms with Gasteiger partial charge < -0.3 is 15.3 Å². The lowest BCUT2D eigenvalue weighted by Crippen LogP contribution is -2.46. The van der Waals surface area contributed by atoms with E-state index in [0.29, 0.717) is 17.1 Å². The molecule has 2 aromatic rings. The third-order valence-electron chi connectivity index (χ3n) is 8.83. The first-order valence-corrected chi connectivity index (χ1v) is 14.6. The zero-order valence-electron chi connectivity index (χ0n) is 22.8. The molecule has 3 heterocycles. The molecular formula is C32H44N4O. The second kappa shape index (κ2) is 11.8. The molecule has 1 spiro atoms. The van der Waals surface area contributed by atoms with Gasteiger partial charge in [0.15, 0.2) is 0 Å². The van der Waals surface area contributed by atoms with Crippen molar-refractivity contribution in [3.63, 3.8) is 0 Å². The number of aryl methyl sites for hydroxylation is 1. The highest BCUT2D eigenvalue weighted by molar-refractivity contribution is 5.47. The highest BCUT2D eigenvalue weighted by Gasteiger charge is 2.37. The molecular weight excluding hydrogens is 456 g/mol. The summed E-state index contributed by atoms with van der Waals surface area (Å²) in [6, 6.07) is 5.90. The van der Waals surface area contributed by atoms with Crippen LogP contribution in [0.2, 0.25) is 0 Å². The predicted octanol–water partition coefficient (Wildman–Crippen LogP) is 6.54. The van der Waals surface area contributed by atoms with Crippen LogP contribution in [0.3, 0.4) is 0 Å². The fourth-order valence-corrected chi connectivity index (χ4v) is 6.78. The normalized spacial score (nSPS) is 24.6. The summed E-state index contributed by atoms with van der Waals surface area (Å²) in [7, 11) is 0. The van der Waals surface area contributed by atoms with E-state index >= 15 is 0 Å². The number of aromatic hydroxyl groups is 1. The molecule has 198 valence electrons. The smallest absolute Gasteiger partial charge is 0.225 e. The number of fused-ring (bicyclic) bond motifs is 1. The number of aromatic nitrogens is 2. The number of rotatable bonds is 3. The third kappa shape index (κ3) is 5.77. The van der Waals surface area contributed by atoms with Gasteiger partial charge in [-0.05, 0) is 110 Å². The number of hydrogen-bond donors (Lipinski definition) is 2. The molecule has 6 rings (SSSR count). The van der Waals surface area contributed by atoms with Gasteiger partial charge in [-0.25, -0.2) is 9.97 Å². The number of piperidine rings is 2. The number of benzene rings is 1.